The average molecular weight is 322 g/mol. The van der Waals surface area contributed by atoms with E-state index in [1.54, 1.807) is 6.07 Å². The summed E-state index contributed by atoms with van der Waals surface area (Å²) in [5.74, 6) is 0.661. The summed E-state index contributed by atoms with van der Waals surface area (Å²) in [6.45, 7) is 5.97. The highest BCUT2D eigenvalue weighted by Gasteiger charge is 2.32. The van der Waals surface area contributed by atoms with E-state index in [0.29, 0.717) is 11.6 Å². The van der Waals surface area contributed by atoms with Gasteiger partial charge in [-0.2, -0.15) is 0 Å². The number of hydrogen-bond donors (Lipinski definition) is 0. The van der Waals surface area contributed by atoms with Gasteiger partial charge >= 0.3 is 0 Å². The molecule has 0 saturated carbocycles. The number of carbonyl (C=O) groups excluding carboxylic acids is 1. The number of para-hydroxylation sites is 1. The molecule has 2 aliphatic heterocycles. The third kappa shape index (κ3) is 2.54. The molecule has 0 aliphatic carbocycles. The van der Waals surface area contributed by atoms with Crippen molar-refractivity contribution in [1.29, 1.82) is 0 Å². The standard InChI is InChI=1S/C19H22N4O/c1-13-11-16(21-19(20-13)22-9-5-6-10-22)18(24)23-14(2)12-15-7-3-4-8-17(15)23/h3-4,7-8,11,14H,5-6,9-10,12H2,1-2H3. The fraction of sp³-hybridized carbons (Fsp3) is 0.421. The summed E-state index contributed by atoms with van der Waals surface area (Å²) in [7, 11) is 0. The first kappa shape index (κ1) is 15.1. The summed E-state index contributed by atoms with van der Waals surface area (Å²) in [5, 5.41) is 0. The topological polar surface area (TPSA) is 49.3 Å². The van der Waals surface area contributed by atoms with Gasteiger partial charge in [0, 0.05) is 30.5 Å². The zero-order chi connectivity index (χ0) is 16.7. The van der Waals surface area contributed by atoms with Gasteiger partial charge in [0.05, 0.1) is 0 Å². The monoisotopic (exact) mass is 322 g/mol. The summed E-state index contributed by atoms with van der Waals surface area (Å²) in [6, 6.07) is 10.1. The first-order valence-corrected chi connectivity index (χ1v) is 8.65. The molecule has 2 aromatic rings. The maximum absolute atomic E-state index is 13.2. The van der Waals surface area contributed by atoms with E-state index in [1.807, 2.05) is 30.0 Å². The first-order valence-electron chi connectivity index (χ1n) is 8.65. The Morgan fingerprint density at radius 1 is 1.17 bits per heavy atom. The molecule has 1 saturated heterocycles. The van der Waals surface area contributed by atoms with E-state index in [0.717, 1.165) is 43.7 Å². The second kappa shape index (κ2) is 5.89. The van der Waals surface area contributed by atoms with Gasteiger partial charge in [-0.25, -0.2) is 9.97 Å². The highest BCUT2D eigenvalue weighted by molar-refractivity contribution is 6.06. The molecule has 1 unspecified atom stereocenters. The minimum atomic E-state index is -0.0293. The summed E-state index contributed by atoms with van der Waals surface area (Å²) in [4.78, 5) is 26.3. The Kier molecular flexibility index (Phi) is 3.71. The van der Waals surface area contributed by atoms with Crippen LogP contribution >= 0.6 is 0 Å². The van der Waals surface area contributed by atoms with Gasteiger partial charge in [0.2, 0.25) is 5.95 Å². The zero-order valence-corrected chi connectivity index (χ0v) is 14.2. The Labute approximate surface area is 142 Å². The van der Waals surface area contributed by atoms with Crippen molar-refractivity contribution in [3.8, 4) is 0 Å². The van der Waals surface area contributed by atoms with Crippen LogP contribution in [0, 0.1) is 6.92 Å². The molecule has 0 bridgehead atoms. The lowest BCUT2D eigenvalue weighted by Crippen LogP contribution is -2.36. The summed E-state index contributed by atoms with van der Waals surface area (Å²) in [6.07, 6.45) is 3.22. The second-order valence-corrected chi connectivity index (χ2v) is 6.75. The predicted octanol–water partition coefficient (Wildman–Crippen LogP) is 2.98. The third-order valence-electron chi connectivity index (χ3n) is 4.88. The molecular formula is C19H22N4O. The smallest absolute Gasteiger partial charge is 0.277 e. The molecule has 4 rings (SSSR count). The number of rotatable bonds is 2. The highest BCUT2D eigenvalue weighted by Crippen LogP contribution is 2.33. The fourth-order valence-corrected chi connectivity index (χ4v) is 3.72. The molecule has 1 aromatic carbocycles. The Balaban J connectivity index is 1.70. The number of fused-ring (bicyclic) bond motifs is 1. The normalized spacial score (nSPS) is 19.7. The van der Waals surface area contributed by atoms with Crippen molar-refractivity contribution in [3.05, 3.63) is 47.3 Å². The molecule has 24 heavy (non-hydrogen) atoms. The quantitative estimate of drug-likeness (QED) is 0.853. The molecule has 1 amide bonds. The number of benzene rings is 1. The van der Waals surface area contributed by atoms with Gasteiger partial charge in [-0.3, -0.25) is 4.79 Å². The molecule has 0 radical (unpaired) electrons. The van der Waals surface area contributed by atoms with Crippen LogP contribution in [0.15, 0.2) is 30.3 Å². The SMILES string of the molecule is Cc1cc(C(=O)N2c3ccccc3CC2C)nc(N2CCCC2)n1. The number of carbonyl (C=O) groups is 1. The minimum absolute atomic E-state index is 0.0293. The maximum Gasteiger partial charge on any atom is 0.277 e. The van der Waals surface area contributed by atoms with Crippen LogP contribution in [0.3, 0.4) is 0 Å². The molecule has 124 valence electrons. The number of aryl methyl sites for hydroxylation is 1. The van der Waals surface area contributed by atoms with Crippen LogP contribution in [0.25, 0.3) is 0 Å². The Morgan fingerprint density at radius 3 is 2.71 bits per heavy atom. The minimum Gasteiger partial charge on any atom is -0.341 e. The average Bonchev–Trinajstić information content (AvgIpc) is 3.20. The van der Waals surface area contributed by atoms with Crippen LogP contribution in [0.1, 0.15) is 41.5 Å². The Hall–Kier alpha value is -2.43. The number of nitrogens with zero attached hydrogens (tertiary/aromatic N) is 4. The van der Waals surface area contributed by atoms with Crippen LogP contribution in [0.2, 0.25) is 0 Å². The van der Waals surface area contributed by atoms with Gasteiger partial charge in [0.15, 0.2) is 0 Å². The Bertz CT molecular complexity index is 783. The Morgan fingerprint density at radius 2 is 1.92 bits per heavy atom. The van der Waals surface area contributed by atoms with Crippen molar-refractivity contribution >= 4 is 17.5 Å². The summed E-state index contributed by atoms with van der Waals surface area (Å²) >= 11 is 0. The lowest BCUT2D eigenvalue weighted by atomic mass is 10.1. The van der Waals surface area contributed by atoms with Gasteiger partial charge in [-0.15, -0.1) is 0 Å². The number of aromatic nitrogens is 2. The van der Waals surface area contributed by atoms with Crippen LogP contribution in [-0.4, -0.2) is 35.0 Å². The van der Waals surface area contributed by atoms with E-state index in [4.69, 9.17) is 0 Å². The van der Waals surface area contributed by atoms with E-state index in [9.17, 15) is 4.79 Å². The lowest BCUT2D eigenvalue weighted by Gasteiger charge is -2.23. The third-order valence-corrected chi connectivity index (χ3v) is 4.88. The number of anilines is 2. The molecule has 5 nitrogen and oxygen atoms in total. The lowest BCUT2D eigenvalue weighted by molar-refractivity contribution is 0.0976. The van der Waals surface area contributed by atoms with Gasteiger partial charge in [0.1, 0.15) is 5.69 Å². The van der Waals surface area contributed by atoms with Gasteiger partial charge in [-0.05, 0) is 50.8 Å². The molecule has 3 heterocycles. The van der Waals surface area contributed by atoms with Crippen LogP contribution in [0.5, 0.6) is 0 Å². The number of amides is 1. The summed E-state index contributed by atoms with van der Waals surface area (Å²) in [5.41, 5.74) is 3.57. The summed E-state index contributed by atoms with van der Waals surface area (Å²) < 4.78 is 0. The molecule has 5 heteroatoms. The molecular weight excluding hydrogens is 300 g/mol. The van der Waals surface area contributed by atoms with Crippen molar-refractivity contribution in [3.63, 3.8) is 0 Å². The molecule has 1 atom stereocenters. The van der Waals surface area contributed by atoms with Crippen LogP contribution < -0.4 is 9.80 Å². The van der Waals surface area contributed by atoms with Gasteiger partial charge < -0.3 is 9.80 Å². The molecule has 0 N–H and O–H groups in total. The van der Waals surface area contributed by atoms with E-state index >= 15 is 0 Å². The zero-order valence-electron chi connectivity index (χ0n) is 14.2. The predicted molar refractivity (Wildman–Crippen MR) is 94.6 cm³/mol. The van der Waals surface area contributed by atoms with E-state index in [1.165, 1.54) is 5.56 Å². The van der Waals surface area contributed by atoms with Gasteiger partial charge in [0.25, 0.3) is 5.91 Å². The highest BCUT2D eigenvalue weighted by atomic mass is 16.2. The molecule has 1 fully saturated rings. The molecule has 2 aliphatic rings. The van der Waals surface area contributed by atoms with E-state index in [-0.39, 0.29) is 11.9 Å². The van der Waals surface area contributed by atoms with Gasteiger partial charge in [-0.1, -0.05) is 18.2 Å². The van der Waals surface area contributed by atoms with Crippen molar-refractivity contribution < 1.29 is 4.79 Å². The van der Waals surface area contributed by atoms with Crippen molar-refractivity contribution in [2.45, 2.75) is 39.2 Å². The van der Waals surface area contributed by atoms with Crippen molar-refractivity contribution in [1.82, 2.24) is 9.97 Å². The first-order chi connectivity index (χ1) is 11.6. The van der Waals surface area contributed by atoms with Crippen LogP contribution in [0.4, 0.5) is 11.6 Å². The number of hydrogen-bond acceptors (Lipinski definition) is 4. The molecule has 1 aromatic heterocycles. The molecule has 0 spiro atoms. The van der Waals surface area contributed by atoms with E-state index < -0.39 is 0 Å². The second-order valence-electron chi connectivity index (χ2n) is 6.75. The van der Waals surface area contributed by atoms with Crippen LogP contribution in [-0.2, 0) is 6.42 Å². The largest absolute Gasteiger partial charge is 0.341 e. The maximum atomic E-state index is 13.2. The van der Waals surface area contributed by atoms with Crippen molar-refractivity contribution in [2.24, 2.45) is 0 Å². The van der Waals surface area contributed by atoms with Crippen molar-refractivity contribution in [2.75, 3.05) is 22.9 Å². The van der Waals surface area contributed by atoms with E-state index in [2.05, 4.69) is 27.9 Å². The fourth-order valence-electron chi connectivity index (χ4n) is 3.72.